The highest BCUT2D eigenvalue weighted by Crippen LogP contribution is 2.28. The van der Waals surface area contributed by atoms with Crippen molar-refractivity contribution in [3.8, 4) is 23.6 Å². The van der Waals surface area contributed by atoms with E-state index in [-0.39, 0.29) is 0 Å². The van der Waals surface area contributed by atoms with E-state index in [1.165, 1.54) is 11.6 Å². The maximum Gasteiger partial charge on any atom is 0.172 e. The summed E-state index contributed by atoms with van der Waals surface area (Å²) in [6, 6.07) is 18.9. The summed E-state index contributed by atoms with van der Waals surface area (Å²) in [6.45, 7) is 3.11. The predicted molar refractivity (Wildman–Crippen MR) is 96.3 cm³/mol. The fourth-order valence-electron chi connectivity index (χ4n) is 2.55. The van der Waals surface area contributed by atoms with Crippen LogP contribution in [0.15, 0.2) is 48.5 Å². The Balaban J connectivity index is 1.74. The molecule has 0 amide bonds. The van der Waals surface area contributed by atoms with Crippen LogP contribution in [-0.2, 0) is 13.1 Å². The van der Waals surface area contributed by atoms with Crippen molar-refractivity contribution in [1.29, 1.82) is 10.5 Å². The summed E-state index contributed by atoms with van der Waals surface area (Å²) in [5, 5.41) is 28.7. The molecule has 6 heteroatoms. The molecule has 0 bridgehead atoms. The molecule has 0 saturated carbocycles. The lowest BCUT2D eigenvalue weighted by Crippen LogP contribution is -2.13. The Morgan fingerprint density at radius 2 is 1.73 bits per heavy atom. The molecule has 0 aliphatic heterocycles. The van der Waals surface area contributed by atoms with Gasteiger partial charge in [0.2, 0.25) is 0 Å². The van der Waals surface area contributed by atoms with Crippen molar-refractivity contribution in [1.82, 2.24) is 15.5 Å². The topological polar surface area (TPSA) is 97.5 Å². The summed E-state index contributed by atoms with van der Waals surface area (Å²) >= 11 is 0. The fourth-order valence-corrected chi connectivity index (χ4v) is 2.55. The van der Waals surface area contributed by atoms with E-state index in [1.54, 1.807) is 12.1 Å². The van der Waals surface area contributed by atoms with Crippen LogP contribution in [0.25, 0.3) is 0 Å². The first-order valence-corrected chi connectivity index (χ1v) is 8.11. The zero-order valence-electron chi connectivity index (χ0n) is 14.3. The Morgan fingerprint density at radius 1 is 1.04 bits per heavy atom. The average Bonchev–Trinajstić information content (AvgIpc) is 3.02. The van der Waals surface area contributed by atoms with Gasteiger partial charge in [0.05, 0.1) is 29.0 Å². The quantitative estimate of drug-likeness (QED) is 0.713. The lowest BCUT2D eigenvalue weighted by molar-refractivity contribution is 0.468. The van der Waals surface area contributed by atoms with Gasteiger partial charge >= 0.3 is 0 Å². The standard InChI is InChI=1S/C20H17N5O/c1-14-20(26-18-8-16(10-21)7-17(9-18)11-22)19(25-24-14)13-23-12-15-5-3-2-4-6-15/h2-9,23H,12-13H2,1H3,(H,24,25). The summed E-state index contributed by atoms with van der Waals surface area (Å²) in [7, 11) is 0. The Bertz CT molecular complexity index is 947. The van der Waals surface area contributed by atoms with Crippen LogP contribution in [0, 0.1) is 29.6 Å². The molecule has 3 aromatic rings. The number of aromatic amines is 1. The third-order valence-corrected chi connectivity index (χ3v) is 3.81. The molecule has 0 aliphatic carbocycles. The number of rotatable bonds is 6. The average molecular weight is 343 g/mol. The molecule has 0 atom stereocenters. The summed E-state index contributed by atoms with van der Waals surface area (Å²) in [4.78, 5) is 0. The van der Waals surface area contributed by atoms with Gasteiger partial charge in [-0.2, -0.15) is 15.6 Å². The number of benzene rings is 2. The monoisotopic (exact) mass is 343 g/mol. The van der Waals surface area contributed by atoms with E-state index in [0.717, 1.165) is 11.4 Å². The Labute approximate surface area is 151 Å². The smallest absolute Gasteiger partial charge is 0.172 e. The van der Waals surface area contributed by atoms with Gasteiger partial charge in [-0.25, -0.2) is 0 Å². The molecular weight excluding hydrogens is 326 g/mol. The molecule has 2 N–H and O–H groups in total. The molecule has 0 aliphatic rings. The van der Waals surface area contributed by atoms with Gasteiger partial charge in [0.25, 0.3) is 0 Å². The normalized spacial score (nSPS) is 10.1. The second-order valence-electron chi connectivity index (χ2n) is 5.79. The van der Waals surface area contributed by atoms with Gasteiger partial charge in [-0.3, -0.25) is 5.10 Å². The first kappa shape index (κ1) is 17.2. The van der Waals surface area contributed by atoms with E-state index in [4.69, 9.17) is 15.3 Å². The van der Waals surface area contributed by atoms with Crippen molar-refractivity contribution in [2.45, 2.75) is 20.0 Å². The van der Waals surface area contributed by atoms with E-state index in [2.05, 4.69) is 27.6 Å². The van der Waals surface area contributed by atoms with Gasteiger partial charge < -0.3 is 10.1 Å². The fraction of sp³-hybridized carbons (Fsp3) is 0.150. The molecular formula is C20H17N5O. The molecule has 128 valence electrons. The minimum Gasteiger partial charge on any atom is -0.453 e. The van der Waals surface area contributed by atoms with Crippen LogP contribution in [0.2, 0.25) is 0 Å². The molecule has 26 heavy (non-hydrogen) atoms. The highest BCUT2D eigenvalue weighted by Gasteiger charge is 2.13. The van der Waals surface area contributed by atoms with Gasteiger partial charge in [0, 0.05) is 13.1 Å². The second kappa shape index (κ2) is 7.98. The SMILES string of the molecule is Cc1[nH]nc(CNCc2ccccc2)c1Oc1cc(C#N)cc(C#N)c1. The van der Waals surface area contributed by atoms with Crippen LogP contribution in [-0.4, -0.2) is 10.2 Å². The summed E-state index contributed by atoms with van der Waals surface area (Å²) in [6.07, 6.45) is 0. The van der Waals surface area contributed by atoms with E-state index >= 15 is 0 Å². The Hall–Kier alpha value is -3.61. The summed E-state index contributed by atoms with van der Waals surface area (Å²) in [5.74, 6) is 1.04. The van der Waals surface area contributed by atoms with Crippen molar-refractivity contribution in [3.63, 3.8) is 0 Å². The number of H-pyrrole nitrogens is 1. The van der Waals surface area contributed by atoms with Crippen molar-refractivity contribution >= 4 is 0 Å². The molecule has 1 heterocycles. The van der Waals surface area contributed by atoms with Gasteiger partial charge in [-0.1, -0.05) is 30.3 Å². The first-order chi connectivity index (χ1) is 12.7. The molecule has 0 saturated heterocycles. The molecule has 1 aromatic heterocycles. The van der Waals surface area contributed by atoms with Crippen molar-refractivity contribution < 1.29 is 4.74 Å². The number of nitriles is 2. The van der Waals surface area contributed by atoms with Crippen LogP contribution in [0.5, 0.6) is 11.5 Å². The number of nitrogens with one attached hydrogen (secondary N) is 2. The number of aryl methyl sites for hydroxylation is 1. The maximum absolute atomic E-state index is 9.10. The van der Waals surface area contributed by atoms with Gasteiger partial charge in [0.15, 0.2) is 5.75 Å². The number of aromatic nitrogens is 2. The second-order valence-corrected chi connectivity index (χ2v) is 5.79. The van der Waals surface area contributed by atoms with Crippen LogP contribution in [0.1, 0.15) is 28.1 Å². The van der Waals surface area contributed by atoms with E-state index in [0.29, 0.717) is 35.7 Å². The van der Waals surface area contributed by atoms with E-state index in [9.17, 15) is 0 Å². The third kappa shape index (κ3) is 4.07. The van der Waals surface area contributed by atoms with Crippen LogP contribution >= 0.6 is 0 Å². The zero-order chi connectivity index (χ0) is 18.4. The molecule has 2 aromatic carbocycles. The summed E-state index contributed by atoms with van der Waals surface area (Å²) < 4.78 is 5.93. The van der Waals surface area contributed by atoms with Crippen LogP contribution in [0.4, 0.5) is 0 Å². The number of hydrogen-bond donors (Lipinski definition) is 2. The predicted octanol–water partition coefficient (Wildman–Crippen LogP) is 3.54. The lowest BCUT2D eigenvalue weighted by Gasteiger charge is -2.09. The van der Waals surface area contributed by atoms with Gasteiger partial charge in [0.1, 0.15) is 11.4 Å². The molecule has 3 rings (SSSR count). The minimum absolute atomic E-state index is 0.379. The number of nitrogens with zero attached hydrogens (tertiary/aromatic N) is 3. The minimum atomic E-state index is 0.379. The largest absolute Gasteiger partial charge is 0.453 e. The van der Waals surface area contributed by atoms with Crippen LogP contribution in [0.3, 0.4) is 0 Å². The van der Waals surface area contributed by atoms with Crippen molar-refractivity contribution in [3.05, 3.63) is 76.6 Å². The number of hydrogen-bond acceptors (Lipinski definition) is 5. The first-order valence-electron chi connectivity index (χ1n) is 8.11. The van der Waals surface area contributed by atoms with E-state index in [1.807, 2.05) is 37.3 Å². The lowest BCUT2D eigenvalue weighted by atomic mass is 10.1. The maximum atomic E-state index is 9.10. The van der Waals surface area contributed by atoms with Crippen molar-refractivity contribution in [2.75, 3.05) is 0 Å². The molecule has 6 nitrogen and oxygen atoms in total. The Kier molecular flexibility index (Phi) is 5.28. The summed E-state index contributed by atoms with van der Waals surface area (Å²) in [5.41, 5.74) is 3.46. The molecule has 0 unspecified atom stereocenters. The molecule has 0 fully saturated rings. The van der Waals surface area contributed by atoms with Crippen molar-refractivity contribution in [2.24, 2.45) is 0 Å². The van der Waals surface area contributed by atoms with E-state index < -0.39 is 0 Å². The van der Waals surface area contributed by atoms with Crippen LogP contribution < -0.4 is 10.1 Å². The third-order valence-electron chi connectivity index (χ3n) is 3.81. The highest BCUT2D eigenvalue weighted by atomic mass is 16.5. The van der Waals surface area contributed by atoms with Gasteiger partial charge in [-0.15, -0.1) is 0 Å². The Morgan fingerprint density at radius 3 is 2.38 bits per heavy atom. The number of ether oxygens (including phenoxy) is 1. The molecule has 0 spiro atoms. The zero-order valence-corrected chi connectivity index (χ0v) is 14.3. The van der Waals surface area contributed by atoms with Gasteiger partial charge in [-0.05, 0) is 30.7 Å². The molecule has 0 radical (unpaired) electrons. The highest BCUT2D eigenvalue weighted by molar-refractivity contribution is 5.47.